The van der Waals surface area contributed by atoms with E-state index in [0.29, 0.717) is 11.7 Å². The van der Waals surface area contributed by atoms with Gasteiger partial charge in [0.25, 0.3) is 0 Å². The Morgan fingerprint density at radius 2 is 1.67 bits per heavy atom. The predicted octanol–water partition coefficient (Wildman–Crippen LogP) is 3.42. The molecule has 0 saturated carbocycles. The van der Waals surface area contributed by atoms with Gasteiger partial charge in [-0.15, -0.1) is 0 Å². The smallest absolute Gasteiger partial charge is 0.321 e. The molecule has 1 heterocycles. The van der Waals surface area contributed by atoms with E-state index in [-0.39, 0.29) is 6.01 Å². The van der Waals surface area contributed by atoms with Gasteiger partial charge in [-0.3, -0.25) is 0 Å². The third-order valence-corrected chi connectivity index (χ3v) is 3.16. The Bertz CT molecular complexity index is 621. The van der Waals surface area contributed by atoms with Gasteiger partial charge in [0.05, 0.1) is 19.8 Å². The lowest BCUT2D eigenvalue weighted by atomic mass is 10.1. The zero-order chi connectivity index (χ0) is 15.4. The number of aromatic nitrogens is 2. The molecule has 0 unspecified atom stereocenters. The molecule has 0 radical (unpaired) electrons. The number of benzene rings is 1. The van der Waals surface area contributed by atoms with Crippen LogP contribution in [0.4, 0.5) is 11.5 Å². The monoisotopic (exact) mass is 287 g/mol. The number of hydrogen-bond donors (Lipinski definition) is 1. The maximum absolute atomic E-state index is 5.33. The fourth-order valence-electron chi connectivity index (χ4n) is 2.31. The molecule has 0 amide bonds. The number of rotatable bonds is 5. The van der Waals surface area contributed by atoms with Crippen molar-refractivity contribution in [2.45, 2.75) is 27.2 Å². The zero-order valence-corrected chi connectivity index (χ0v) is 13.2. The van der Waals surface area contributed by atoms with Crippen molar-refractivity contribution in [3.05, 3.63) is 34.9 Å². The first kappa shape index (κ1) is 15.1. The molecule has 1 aromatic carbocycles. The van der Waals surface area contributed by atoms with Crippen LogP contribution in [0.3, 0.4) is 0 Å². The zero-order valence-electron chi connectivity index (χ0n) is 13.2. The highest BCUT2D eigenvalue weighted by Crippen LogP contribution is 2.29. The highest BCUT2D eigenvalue weighted by molar-refractivity contribution is 5.63. The summed E-state index contributed by atoms with van der Waals surface area (Å²) in [5, 5.41) is 3.34. The first-order valence-corrected chi connectivity index (χ1v) is 6.91. The molecular formula is C16H21N3O2. The van der Waals surface area contributed by atoms with Crippen LogP contribution in [-0.2, 0) is 6.42 Å². The van der Waals surface area contributed by atoms with Gasteiger partial charge >= 0.3 is 6.01 Å². The van der Waals surface area contributed by atoms with Crippen LogP contribution in [0, 0.1) is 13.8 Å². The molecule has 0 aliphatic carbocycles. The molecule has 5 nitrogen and oxygen atoms in total. The van der Waals surface area contributed by atoms with Gasteiger partial charge < -0.3 is 14.8 Å². The molecule has 1 aromatic heterocycles. The average Bonchev–Trinajstić information content (AvgIpc) is 2.45. The Balaban J connectivity index is 2.46. The number of anilines is 2. The van der Waals surface area contributed by atoms with Crippen LogP contribution in [0.1, 0.15) is 23.6 Å². The summed E-state index contributed by atoms with van der Waals surface area (Å²) < 4.78 is 10.5. The molecule has 0 atom stereocenters. The molecule has 0 spiro atoms. The van der Waals surface area contributed by atoms with E-state index in [1.54, 1.807) is 14.2 Å². The van der Waals surface area contributed by atoms with Crippen molar-refractivity contribution in [3.8, 4) is 11.9 Å². The van der Waals surface area contributed by atoms with Crippen LogP contribution in [-0.4, -0.2) is 24.2 Å². The molecule has 5 heteroatoms. The van der Waals surface area contributed by atoms with Crippen molar-refractivity contribution >= 4 is 11.5 Å². The van der Waals surface area contributed by atoms with E-state index in [1.807, 2.05) is 6.92 Å². The minimum atomic E-state index is 0.288. The summed E-state index contributed by atoms with van der Waals surface area (Å²) in [5.41, 5.74) is 4.31. The van der Waals surface area contributed by atoms with E-state index < -0.39 is 0 Å². The van der Waals surface area contributed by atoms with Crippen LogP contribution < -0.4 is 14.8 Å². The third-order valence-electron chi connectivity index (χ3n) is 3.16. The molecule has 21 heavy (non-hydrogen) atoms. The summed E-state index contributed by atoms with van der Waals surface area (Å²) in [4.78, 5) is 8.62. The van der Waals surface area contributed by atoms with Gasteiger partial charge in [-0.05, 0) is 43.5 Å². The van der Waals surface area contributed by atoms with Crippen molar-refractivity contribution in [3.63, 3.8) is 0 Å². The highest BCUT2D eigenvalue weighted by Gasteiger charge is 2.14. The van der Waals surface area contributed by atoms with Crippen molar-refractivity contribution in [1.29, 1.82) is 0 Å². The maximum Gasteiger partial charge on any atom is 0.321 e. The van der Waals surface area contributed by atoms with Crippen LogP contribution in [0.2, 0.25) is 0 Å². The SMILES string of the molecule is CCc1c(Nc2cc(C)cc(C)c2)nc(OC)nc1OC. The summed E-state index contributed by atoms with van der Waals surface area (Å²) in [6, 6.07) is 6.57. The second kappa shape index (κ2) is 6.43. The molecule has 0 aliphatic rings. The minimum Gasteiger partial charge on any atom is -0.481 e. The highest BCUT2D eigenvalue weighted by atomic mass is 16.5. The number of aryl methyl sites for hydroxylation is 2. The Morgan fingerprint density at radius 3 is 2.19 bits per heavy atom. The van der Waals surface area contributed by atoms with E-state index in [0.717, 1.165) is 17.7 Å². The van der Waals surface area contributed by atoms with Crippen molar-refractivity contribution in [2.75, 3.05) is 19.5 Å². The van der Waals surface area contributed by atoms with Gasteiger partial charge in [0.15, 0.2) is 0 Å². The normalized spacial score (nSPS) is 10.3. The quantitative estimate of drug-likeness (QED) is 0.913. The topological polar surface area (TPSA) is 56.3 Å². The van der Waals surface area contributed by atoms with E-state index in [9.17, 15) is 0 Å². The number of ether oxygens (including phenoxy) is 2. The summed E-state index contributed by atoms with van der Waals surface area (Å²) in [6.07, 6.45) is 0.764. The van der Waals surface area contributed by atoms with Crippen LogP contribution in [0.15, 0.2) is 18.2 Å². The van der Waals surface area contributed by atoms with Gasteiger partial charge in [-0.1, -0.05) is 13.0 Å². The summed E-state index contributed by atoms with van der Waals surface area (Å²) in [7, 11) is 3.14. The van der Waals surface area contributed by atoms with Crippen molar-refractivity contribution in [2.24, 2.45) is 0 Å². The van der Waals surface area contributed by atoms with Gasteiger partial charge in [0.2, 0.25) is 5.88 Å². The lowest BCUT2D eigenvalue weighted by Gasteiger charge is -2.14. The lowest BCUT2D eigenvalue weighted by Crippen LogP contribution is -2.06. The van der Waals surface area contributed by atoms with Crippen LogP contribution in [0.25, 0.3) is 0 Å². The van der Waals surface area contributed by atoms with Crippen LogP contribution in [0.5, 0.6) is 11.9 Å². The molecule has 112 valence electrons. The predicted molar refractivity (Wildman–Crippen MR) is 83.7 cm³/mol. The second-order valence-electron chi connectivity index (χ2n) is 4.90. The molecule has 1 N–H and O–H groups in total. The maximum atomic E-state index is 5.33. The van der Waals surface area contributed by atoms with E-state index in [4.69, 9.17) is 9.47 Å². The number of hydrogen-bond acceptors (Lipinski definition) is 5. The fourth-order valence-corrected chi connectivity index (χ4v) is 2.31. The van der Waals surface area contributed by atoms with Gasteiger partial charge in [0, 0.05) is 5.69 Å². The number of nitrogens with zero attached hydrogens (tertiary/aromatic N) is 2. The molecule has 2 rings (SSSR count). The van der Waals surface area contributed by atoms with Crippen LogP contribution >= 0.6 is 0 Å². The Morgan fingerprint density at radius 1 is 1.00 bits per heavy atom. The molecule has 0 aliphatic heterocycles. The summed E-state index contributed by atoms with van der Waals surface area (Å²) in [5.74, 6) is 1.25. The third kappa shape index (κ3) is 3.42. The first-order valence-electron chi connectivity index (χ1n) is 6.91. The summed E-state index contributed by atoms with van der Waals surface area (Å²) >= 11 is 0. The molecule has 0 saturated heterocycles. The van der Waals surface area contributed by atoms with E-state index in [1.165, 1.54) is 11.1 Å². The molecule has 0 bridgehead atoms. The Hall–Kier alpha value is -2.30. The Labute approximate surface area is 125 Å². The van der Waals surface area contributed by atoms with Crippen molar-refractivity contribution < 1.29 is 9.47 Å². The largest absolute Gasteiger partial charge is 0.481 e. The molecule has 0 fully saturated rings. The fraction of sp³-hybridized carbons (Fsp3) is 0.375. The standard InChI is InChI=1S/C16H21N3O2/c1-6-13-14(18-16(21-5)19-15(13)20-4)17-12-8-10(2)7-11(3)9-12/h7-9H,6H2,1-5H3,(H,17,18,19). The molecule has 2 aromatic rings. The first-order chi connectivity index (χ1) is 10.1. The van der Waals surface area contributed by atoms with E-state index >= 15 is 0 Å². The average molecular weight is 287 g/mol. The molecular weight excluding hydrogens is 266 g/mol. The summed E-state index contributed by atoms with van der Waals surface area (Å²) in [6.45, 7) is 6.18. The van der Waals surface area contributed by atoms with Gasteiger partial charge in [-0.25, -0.2) is 0 Å². The second-order valence-corrected chi connectivity index (χ2v) is 4.90. The van der Waals surface area contributed by atoms with Gasteiger partial charge in [-0.2, -0.15) is 9.97 Å². The van der Waals surface area contributed by atoms with Crippen molar-refractivity contribution in [1.82, 2.24) is 9.97 Å². The number of methoxy groups -OCH3 is 2. The minimum absolute atomic E-state index is 0.288. The number of nitrogens with one attached hydrogen (secondary N) is 1. The Kier molecular flexibility index (Phi) is 4.62. The lowest BCUT2D eigenvalue weighted by molar-refractivity contribution is 0.350. The van der Waals surface area contributed by atoms with E-state index in [2.05, 4.69) is 47.3 Å². The van der Waals surface area contributed by atoms with Gasteiger partial charge in [0.1, 0.15) is 5.82 Å².